The van der Waals surface area contributed by atoms with Gasteiger partial charge in [0.2, 0.25) is 0 Å². The summed E-state index contributed by atoms with van der Waals surface area (Å²) in [5.74, 6) is 1.04. The second kappa shape index (κ2) is 5.83. The number of rotatable bonds is 5. The summed E-state index contributed by atoms with van der Waals surface area (Å²) >= 11 is 0. The fourth-order valence-electron chi connectivity index (χ4n) is 2.21. The van der Waals surface area contributed by atoms with Gasteiger partial charge in [0.05, 0.1) is 12.1 Å². The van der Waals surface area contributed by atoms with E-state index in [4.69, 9.17) is 9.72 Å². The minimum atomic E-state index is 0.601. The minimum Gasteiger partial charge on any atom is -0.380 e. The van der Waals surface area contributed by atoms with E-state index in [2.05, 4.69) is 36.9 Å². The van der Waals surface area contributed by atoms with Crippen molar-refractivity contribution in [3.05, 3.63) is 35.9 Å². The van der Waals surface area contributed by atoms with Crippen molar-refractivity contribution in [2.45, 2.75) is 20.5 Å². The highest BCUT2D eigenvalue weighted by Crippen LogP contribution is 2.24. The normalized spacial score (nSPS) is 10.8. The number of benzene rings is 1. The van der Waals surface area contributed by atoms with E-state index in [-0.39, 0.29) is 0 Å². The van der Waals surface area contributed by atoms with E-state index in [0.717, 1.165) is 30.0 Å². The lowest BCUT2D eigenvalue weighted by atomic mass is 10.1. The molecule has 3 heteroatoms. The molecule has 1 aromatic carbocycles. The topological polar surface area (TPSA) is 25.4 Å². The Morgan fingerprint density at radius 2 is 1.89 bits per heavy atom. The second-order valence-electron chi connectivity index (χ2n) is 4.27. The van der Waals surface area contributed by atoms with Gasteiger partial charge in [0.25, 0.3) is 0 Å². The van der Waals surface area contributed by atoms with Gasteiger partial charge >= 0.3 is 0 Å². The van der Waals surface area contributed by atoms with Crippen molar-refractivity contribution in [3.63, 3.8) is 0 Å². The van der Waals surface area contributed by atoms with Crippen LogP contribution in [0.5, 0.6) is 0 Å². The number of anilines is 1. The number of methoxy groups -OCH3 is 1. The molecule has 3 nitrogen and oxygen atoms in total. The molecule has 0 aliphatic heterocycles. The average molecular weight is 244 g/mol. The Morgan fingerprint density at radius 1 is 1.17 bits per heavy atom. The summed E-state index contributed by atoms with van der Waals surface area (Å²) in [5, 5.41) is 1.17. The molecule has 18 heavy (non-hydrogen) atoms. The lowest BCUT2D eigenvalue weighted by Crippen LogP contribution is -2.24. The fraction of sp³-hybridized carbons (Fsp3) is 0.400. The van der Waals surface area contributed by atoms with E-state index < -0.39 is 0 Å². The molecule has 0 fully saturated rings. The zero-order valence-electron chi connectivity index (χ0n) is 11.3. The zero-order chi connectivity index (χ0) is 13.0. The molecule has 0 bridgehead atoms. The average Bonchev–Trinajstić information content (AvgIpc) is 2.41. The first kappa shape index (κ1) is 12.8. The third-order valence-electron chi connectivity index (χ3n) is 3.14. The predicted molar refractivity (Wildman–Crippen MR) is 76.0 cm³/mol. The first-order chi connectivity index (χ1) is 8.80. The van der Waals surface area contributed by atoms with Crippen LogP contribution in [0.1, 0.15) is 19.4 Å². The standard InChI is InChI=1S/C15H20N2O/c1-4-17(5-2)15-13(11-18-3)10-12-8-6-7-9-14(12)16-15/h6-10H,4-5,11H2,1-3H3. The van der Waals surface area contributed by atoms with Gasteiger partial charge in [-0.15, -0.1) is 0 Å². The lowest BCUT2D eigenvalue weighted by molar-refractivity contribution is 0.185. The summed E-state index contributed by atoms with van der Waals surface area (Å²) in [6, 6.07) is 10.4. The highest BCUT2D eigenvalue weighted by atomic mass is 16.5. The summed E-state index contributed by atoms with van der Waals surface area (Å²) in [6.07, 6.45) is 0. The highest BCUT2D eigenvalue weighted by molar-refractivity contribution is 5.81. The smallest absolute Gasteiger partial charge is 0.134 e. The maximum atomic E-state index is 5.29. The monoisotopic (exact) mass is 244 g/mol. The molecule has 1 heterocycles. The fourth-order valence-corrected chi connectivity index (χ4v) is 2.21. The van der Waals surface area contributed by atoms with Gasteiger partial charge < -0.3 is 9.64 Å². The number of hydrogen-bond donors (Lipinski definition) is 0. The molecule has 96 valence electrons. The van der Waals surface area contributed by atoms with E-state index >= 15 is 0 Å². The molecule has 0 aliphatic rings. The summed E-state index contributed by atoms with van der Waals surface area (Å²) in [6.45, 7) is 6.81. The second-order valence-corrected chi connectivity index (χ2v) is 4.27. The molecule has 1 aromatic heterocycles. The molecule has 0 spiro atoms. The Kier molecular flexibility index (Phi) is 4.15. The van der Waals surface area contributed by atoms with Crippen molar-refractivity contribution in [1.29, 1.82) is 0 Å². The molecule has 0 N–H and O–H groups in total. The molecule has 0 atom stereocenters. The quantitative estimate of drug-likeness (QED) is 0.807. The van der Waals surface area contributed by atoms with Crippen LogP contribution < -0.4 is 4.90 Å². The van der Waals surface area contributed by atoms with Crippen LogP contribution >= 0.6 is 0 Å². The van der Waals surface area contributed by atoms with E-state index in [1.165, 1.54) is 5.39 Å². The third kappa shape index (κ3) is 2.46. The molecule has 0 aliphatic carbocycles. The van der Waals surface area contributed by atoms with Crippen molar-refractivity contribution in [2.75, 3.05) is 25.1 Å². The minimum absolute atomic E-state index is 0.601. The number of para-hydroxylation sites is 1. The van der Waals surface area contributed by atoms with Gasteiger partial charge in [0.1, 0.15) is 5.82 Å². The Hall–Kier alpha value is -1.61. The first-order valence-corrected chi connectivity index (χ1v) is 6.42. The van der Waals surface area contributed by atoms with Crippen LogP contribution in [0.2, 0.25) is 0 Å². The molecule has 0 amide bonds. The SMILES string of the molecule is CCN(CC)c1nc2ccccc2cc1COC. The summed E-state index contributed by atoms with van der Waals surface area (Å²) < 4.78 is 5.29. The largest absolute Gasteiger partial charge is 0.380 e. The van der Waals surface area contributed by atoms with Crippen molar-refractivity contribution in [1.82, 2.24) is 4.98 Å². The zero-order valence-corrected chi connectivity index (χ0v) is 11.3. The van der Waals surface area contributed by atoms with E-state index in [9.17, 15) is 0 Å². The van der Waals surface area contributed by atoms with Crippen LogP contribution in [0.15, 0.2) is 30.3 Å². The van der Waals surface area contributed by atoms with Crippen LogP contribution in [-0.2, 0) is 11.3 Å². The van der Waals surface area contributed by atoms with Crippen molar-refractivity contribution >= 4 is 16.7 Å². The van der Waals surface area contributed by atoms with Crippen molar-refractivity contribution in [2.24, 2.45) is 0 Å². The highest BCUT2D eigenvalue weighted by Gasteiger charge is 2.11. The number of ether oxygens (including phenoxy) is 1. The number of pyridine rings is 1. The number of nitrogens with zero attached hydrogens (tertiary/aromatic N) is 2. The van der Waals surface area contributed by atoms with Gasteiger partial charge in [-0.1, -0.05) is 18.2 Å². The molecule has 0 radical (unpaired) electrons. The first-order valence-electron chi connectivity index (χ1n) is 6.42. The van der Waals surface area contributed by atoms with Crippen molar-refractivity contribution in [3.8, 4) is 0 Å². The van der Waals surface area contributed by atoms with Gasteiger partial charge in [-0.25, -0.2) is 4.98 Å². The van der Waals surface area contributed by atoms with Crippen molar-refractivity contribution < 1.29 is 4.74 Å². The molecule has 2 rings (SSSR count). The van der Waals surface area contributed by atoms with E-state index in [1.807, 2.05) is 12.1 Å². The Morgan fingerprint density at radius 3 is 2.56 bits per heavy atom. The molecule has 0 unspecified atom stereocenters. The van der Waals surface area contributed by atoms with Crippen LogP contribution in [-0.4, -0.2) is 25.2 Å². The Labute approximate surface area is 108 Å². The molecule has 0 saturated heterocycles. The van der Waals surface area contributed by atoms with Gasteiger partial charge in [0.15, 0.2) is 0 Å². The Balaban J connectivity index is 2.56. The van der Waals surface area contributed by atoms with Gasteiger partial charge in [-0.2, -0.15) is 0 Å². The van der Waals surface area contributed by atoms with E-state index in [0.29, 0.717) is 6.61 Å². The van der Waals surface area contributed by atoms with Crippen LogP contribution in [0.25, 0.3) is 10.9 Å². The molecule has 2 aromatic rings. The van der Waals surface area contributed by atoms with E-state index in [1.54, 1.807) is 7.11 Å². The lowest BCUT2D eigenvalue weighted by Gasteiger charge is -2.23. The van der Waals surface area contributed by atoms with Gasteiger partial charge in [0, 0.05) is 31.1 Å². The van der Waals surface area contributed by atoms with Gasteiger partial charge in [-0.05, 0) is 26.0 Å². The number of aromatic nitrogens is 1. The third-order valence-corrected chi connectivity index (χ3v) is 3.14. The summed E-state index contributed by atoms with van der Waals surface area (Å²) in [4.78, 5) is 7.05. The van der Waals surface area contributed by atoms with Crippen LogP contribution in [0.4, 0.5) is 5.82 Å². The number of hydrogen-bond acceptors (Lipinski definition) is 3. The predicted octanol–water partition coefficient (Wildman–Crippen LogP) is 3.23. The Bertz CT molecular complexity index is 521. The van der Waals surface area contributed by atoms with Crippen LogP contribution in [0, 0.1) is 0 Å². The maximum Gasteiger partial charge on any atom is 0.134 e. The summed E-state index contributed by atoms with van der Waals surface area (Å²) in [7, 11) is 1.72. The summed E-state index contributed by atoms with van der Waals surface area (Å²) in [5.41, 5.74) is 2.19. The molecular formula is C15H20N2O. The van der Waals surface area contributed by atoms with Gasteiger partial charge in [-0.3, -0.25) is 0 Å². The number of fused-ring (bicyclic) bond motifs is 1. The molecular weight excluding hydrogens is 224 g/mol. The van der Waals surface area contributed by atoms with Crippen LogP contribution in [0.3, 0.4) is 0 Å². The maximum absolute atomic E-state index is 5.29. The molecule has 0 saturated carbocycles.